The normalized spacial score (nSPS) is 11.0. The molecule has 2 aromatic heterocycles. The number of hydrogen-bond donors (Lipinski definition) is 1. The van der Waals surface area contributed by atoms with Gasteiger partial charge in [0.25, 0.3) is 5.56 Å². The van der Waals surface area contributed by atoms with Crippen LogP contribution in [0.1, 0.15) is 16.3 Å². The van der Waals surface area contributed by atoms with E-state index in [1.54, 1.807) is 14.0 Å². The van der Waals surface area contributed by atoms with E-state index in [0.29, 0.717) is 16.0 Å². The molecule has 0 fully saturated rings. The van der Waals surface area contributed by atoms with E-state index in [4.69, 9.17) is 9.84 Å². The smallest absolute Gasteiger partial charge is 0.323 e. The number of carboxylic acids is 1. The van der Waals surface area contributed by atoms with Crippen LogP contribution in [-0.4, -0.2) is 27.7 Å². The van der Waals surface area contributed by atoms with Crippen LogP contribution < -0.4 is 10.3 Å². The number of fused-ring (bicyclic) bond motifs is 1. The number of nitrogens with zero attached hydrogens (tertiary/aromatic N) is 2. The number of carboxylic acid groups (broad SMARTS) is 1. The topological polar surface area (TPSA) is 81.4 Å². The van der Waals surface area contributed by atoms with E-state index >= 15 is 0 Å². The van der Waals surface area contributed by atoms with Gasteiger partial charge in [-0.3, -0.25) is 14.2 Å². The zero-order chi connectivity index (χ0) is 18.3. The fraction of sp³-hybridized carbons (Fsp3) is 0.278. The molecule has 25 heavy (non-hydrogen) atoms. The third-order valence-electron chi connectivity index (χ3n) is 4.16. The Labute approximate surface area is 148 Å². The molecule has 3 rings (SSSR count). The van der Waals surface area contributed by atoms with Gasteiger partial charge in [-0.1, -0.05) is 6.07 Å². The van der Waals surface area contributed by atoms with E-state index in [2.05, 4.69) is 4.98 Å². The van der Waals surface area contributed by atoms with Crippen LogP contribution in [0.5, 0.6) is 5.75 Å². The summed E-state index contributed by atoms with van der Waals surface area (Å²) in [5, 5.41) is 9.55. The predicted octanol–water partition coefficient (Wildman–Crippen LogP) is 3.14. The molecule has 0 saturated heterocycles. The molecule has 2 heterocycles. The molecule has 0 radical (unpaired) electrons. The van der Waals surface area contributed by atoms with Crippen molar-refractivity contribution in [2.45, 2.75) is 27.3 Å². The van der Waals surface area contributed by atoms with Gasteiger partial charge in [-0.25, -0.2) is 4.98 Å². The van der Waals surface area contributed by atoms with E-state index in [1.807, 2.05) is 32.0 Å². The van der Waals surface area contributed by atoms with Gasteiger partial charge in [-0.15, -0.1) is 11.3 Å². The van der Waals surface area contributed by atoms with Gasteiger partial charge in [0.15, 0.2) is 0 Å². The number of carbonyl (C=O) groups is 1. The Morgan fingerprint density at radius 3 is 2.64 bits per heavy atom. The van der Waals surface area contributed by atoms with E-state index < -0.39 is 12.5 Å². The Morgan fingerprint density at radius 2 is 2.04 bits per heavy atom. The van der Waals surface area contributed by atoms with E-state index in [0.717, 1.165) is 27.3 Å². The van der Waals surface area contributed by atoms with Crippen LogP contribution in [0.2, 0.25) is 0 Å². The molecule has 0 aliphatic heterocycles. The molecule has 0 bridgehead atoms. The summed E-state index contributed by atoms with van der Waals surface area (Å²) < 4.78 is 6.50. The first-order valence-corrected chi connectivity index (χ1v) is 8.52. The van der Waals surface area contributed by atoms with E-state index in [-0.39, 0.29) is 5.56 Å². The summed E-state index contributed by atoms with van der Waals surface area (Å²) in [6.07, 6.45) is 0. The number of aromatic nitrogens is 2. The van der Waals surface area contributed by atoms with Gasteiger partial charge >= 0.3 is 5.97 Å². The number of rotatable bonds is 4. The first-order valence-electron chi connectivity index (χ1n) is 7.70. The average Bonchev–Trinajstić information content (AvgIpc) is 2.87. The molecule has 0 aliphatic rings. The quantitative estimate of drug-likeness (QED) is 0.775. The van der Waals surface area contributed by atoms with Crippen LogP contribution in [0.3, 0.4) is 0 Å². The van der Waals surface area contributed by atoms with Crippen LogP contribution in [0.15, 0.2) is 23.0 Å². The lowest BCUT2D eigenvalue weighted by Crippen LogP contribution is -2.27. The second-order valence-corrected chi connectivity index (χ2v) is 7.05. The van der Waals surface area contributed by atoms with Gasteiger partial charge in [0.1, 0.15) is 22.9 Å². The molecule has 1 aromatic carbocycles. The first-order chi connectivity index (χ1) is 11.8. The number of thiophene rings is 1. The highest BCUT2D eigenvalue weighted by Gasteiger charge is 2.19. The molecule has 7 heteroatoms. The van der Waals surface area contributed by atoms with Crippen LogP contribution in [0.4, 0.5) is 0 Å². The molecule has 0 aliphatic carbocycles. The van der Waals surface area contributed by atoms with Gasteiger partial charge in [0.05, 0.1) is 12.5 Å². The Bertz CT molecular complexity index is 1050. The second kappa shape index (κ2) is 6.33. The molecular weight excluding hydrogens is 340 g/mol. The SMILES string of the molecule is COc1ccc(-c2c(C)sc3nc(C)n(CC(=O)O)c(=O)c23)cc1C. The number of aliphatic carboxylic acids is 1. The van der Waals surface area contributed by atoms with Crippen molar-refractivity contribution >= 4 is 27.5 Å². The maximum Gasteiger partial charge on any atom is 0.323 e. The number of methoxy groups -OCH3 is 1. The molecule has 0 amide bonds. The highest BCUT2D eigenvalue weighted by atomic mass is 32.1. The fourth-order valence-corrected chi connectivity index (χ4v) is 4.08. The minimum absolute atomic E-state index is 0.322. The molecule has 0 saturated carbocycles. The lowest BCUT2D eigenvalue weighted by Gasteiger charge is -2.09. The second-order valence-electron chi connectivity index (χ2n) is 5.84. The van der Waals surface area contributed by atoms with Crippen molar-refractivity contribution in [2.24, 2.45) is 0 Å². The molecule has 0 unspecified atom stereocenters. The first kappa shape index (κ1) is 17.2. The van der Waals surface area contributed by atoms with Gasteiger partial charge in [-0.2, -0.15) is 0 Å². The van der Waals surface area contributed by atoms with Crippen molar-refractivity contribution in [2.75, 3.05) is 7.11 Å². The zero-order valence-corrected chi connectivity index (χ0v) is 15.2. The summed E-state index contributed by atoms with van der Waals surface area (Å²) in [6, 6.07) is 5.74. The molecule has 130 valence electrons. The lowest BCUT2D eigenvalue weighted by atomic mass is 10.0. The largest absolute Gasteiger partial charge is 0.496 e. The van der Waals surface area contributed by atoms with Crippen molar-refractivity contribution in [3.05, 3.63) is 44.8 Å². The average molecular weight is 358 g/mol. The Kier molecular flexibility index (Phi) is 4.34. The minimum atomic E-state index is -1.07. The molecule has 0 spiro atoms. The van der Waals surface area contributed by atoms with Crippen molar-refractivity contribution in [3.8, 4) is 16.9 Å². The molecular formula is C18H18N2O4S. The van der Waals surface area contributed by atoms with Crippen LogP contribution in [0.25, 0.3) is 21.3 Å². The van der Waals surface area contributed by atoms with Gasteiger partial charge in [0.2, 0.25) is 0 Å². The highest BCUT2D eigenvalue weighted by molar-refractivity contribution is 7.19. The number of benzene rings is 1. The summed E-state index contributed by atoms with van der Waals surface area (Å²) in [4.78, 5) is 30.1. The Balaban J connectivity index is 2.32. The molecule has 1 N–H and O–H groups in total. The third-order valence-corrected chi connectivity index (χ3v) is 5.15. The van der Waals surface area contributed by atoms with E-state index in [9.17, 15) is 9.59 Å². The molecule has 6 nitrogen and oxygen atoms in total. The summed E-state index contributed by atoms with van der Waals surface area (Å²) in [5.41, 5.74) is 2.34. The van der Waals surface area contributed by atoms with Crippen molar-refractivity contribution < 1.29 is 14.6 Å². The number of aryl methyl sites for hydroxylation is 3. The van der Waals surface area contributed by atoms with Gasteiger partial charge in [0, 0.05) is 10.4 Å². The van der Waals surface area contributed by atoms with Crippen LogP contribution >= 0.6 is 11.3 Å². The Hall–Kier alpha value is -2.67. The highest BCUT2D eigenvalue weighted by Crippen LogP contribution is 2.37. The maximum atomic E-state index is 12.9. The molecule has 3 aromatic rings. The molecule has 0 atom stereocenters. The minimum Gasteiger partial charge on any atom is -0.496 e. The maximum absolute atomic E-state index is 12.9. The van der Waals surface area contributed by atoms with Crippen molar-refractivity contribution in [1.82, 2.24) is 9.55 Å². The fourth-order valence-electron chi connectivity index (χ4n) is 3.00. The lowest BCUT2D eigenvalue weighted by molar-refractivity contribution is -0.137. The predicted molar refractivity (Wildman–Crippen MR) is 97.7 cm³/mol. The zero-order valence-electron chi connectivity index (χ0n) is 14.4. The van der Waals surface area contributed by atoms with Crippen LogP contribution in [-0.2, 0) is 11.3 Å². The Morgan fingerprint density at radius 1 is 1.32 bits per heavy atom. The van der Waals surface area contributed by atoms with Gasteiger partial charge in [-0.05, 0) is 44.0 Å². The van der Waals surface area contributed by atoms with Crippen molar-refractivity contribution in [1.29, 1.82) is 0 Å². The summed E-state index contributed by atoms with van der Waals surface area (Å²) in [7, 11) is 1.62. The van der Waals surface area contributed by atoms with Gasteiger partial charge < -0.3 is 9.84 Å². The number of ether oxygens (including phenoxy) is 1. The van der Waals surface area contributed by atoms with Crippen LogP contribution in [0, 0.1) is 20.8 Å². The number of hydrogen-bond acceptors (Lipinski definition) is 5. The monoisotopic (exact) mass is 358 g/mol. The standard InChI is InChI=1S/C18H18N2O4S/c1-9-7-12(5-6-13(9)24-4)15-10(2)25-17-16(15)18(23)20(8-14(21)22)11(3)19-17/h5-7H,8H2,1-4H3,(H,21,22). The van der Waals surface area contributed by atoms with E-state index in [1.165, 1.54) is 15.9 Å². The third kappa shape index (κ3) is 2.91. The summed E-state index contributed by atoms with van der Waals surface area (Å²) in [5.74, 6) is 0.108. The summed E-state index contributed by atoms with van der Waals surface area (Å²) in [6.45, 7) is 5.13. The summed E-state index contributed by atoms with van der Waals surface area (Å²) >= 11 is 1.44. The van der Waals surface area contributed by atoms with Crippen molar-refractivity contribution in [3.63, 3.8) is 0 Å².